The van der Waals surface area contributed by atoms with E-state index in [2.05, 4.69) is 10.3 Å². The molecule has 1 aliphatic rings. The molecule has 1 amide bonds. The molecule has 6 nitrogen and oxygen atoms in total. The van der Waals surface area contributed by atoms with E-state index >= 15 is 0 Å². The molecule has 35 heavy (non-hydrogen) atoms. The maximum absolute atomic E-state index is 14.2. The molecular weight excluding hydrogens is 482 g/mol. The van der Waals surface area contributed by atoms with E-state index in [9.17, 15) is 36.2 Å². The Morgan fingerprint density at radius 2 is 1.91 bits per heavy atom. The molecular formula is C23H24F6N2O4. The minimum absolute atomic E-state index is 0.106. The summed E-state index contributed by atoms with van der Waals surface area (Å²) >= 11 is 0. The number of methoxy groups -OCH3 is 1. The fraction of sp³-hybridized carbons (Fsp3) is 0.478. The number of nitrogens with zero attached hydrogens (tertiary/aromatic N) is 1. The zero-order valence-electron chi connectivity index (χ0n) is 19.2. The fourth-order valence-electron chi connectivity index (χ4n) is 4.25. The molecule has 2 heterocycles. The first-order valence-electron chi connectivity index (χ1n) is 10.6. The van der Waals surface area contributed by atoms with E-state index in [1.807, 2.05) is 0 Å². The first-order chi connectivity index (χ1) is 16.2. The van der Waals surface area contributed by atoms with E-state index in [0.29, 0.717) is 11.8 Å². The number of alkyl halides is 5. The van der Waals surface area contributed by atoms with Crippen LogP contribution in [0.2, 0.25) is 0 Å². The number of benzene rings is 1. The maximum atomic E-state index is 14.2. The van der Waals surface area contributed by atoms with E-state index < -0.39 is 65.3 Å². The van der Waals surface area contributed by atoms with Gasteiger partial charge in [-0.05, 0) is 32.0 Å². The SMILES string of the molecule is COc1c([C@H]2[C@H](C(=O)Nc3ccc(C(C)O)nc3)O[C@@](C)(C(F)(F)F)[C@H]2C)ccc(F)c1C(F)F. The van der Waals surface area contributed by atoms with Crippen LogP contribution in [0.5, 0.6) is 5.75 Å². The lowest BCUT2D eigenvalue weighted by molar-refractivity contribution is -0.272. The normalized spacial score (nSPS) is 25.5. The molecule has 1 aliphatic heterocycles. The molecule has 5 atom stereocenters. The molecule has 1 fully saturated rings. The summed E-state index contributed by atoms with van der Waals surface area (Å²) in [7, 11) is 0.984. The molecule has 0 bridgehead atoms. The van der Waals surface area contributed by atoms with Gasteiger partial charge in [0, 0.05) is 17.4 Å². The second-order valence-corrected chi connectivity index (χ2v) is 8.48. The predicted molar refractivity (Wildman–Crippen MR) is 113 cm³/mol. The van der Waals surface area contributed by atoms with Crippen molar-refractivity contribution in [2.45, 2.75) is 57.1 Å². The molecule has 1 aromatic carbocycles. The topological polar surface area (TPSA) is 80.7 Å². The Hall–Kier alpha value is -2.86. The second kappa shape index (κ2) is 9.65. The molecule has 12 heteroatoms. The Morgan fingerprint density at radius 3 is 2.40 bits per heavy atom. The largest absolute Gasteiger partial charge is 0.496 e. The summed E-state index contributed by atoms with van der Waals surface area (Å²) in [5.41, 5.74) is -3.75. The van der Waals surface area contributed by atoms with Crippen molar-refractivity contribution >= 4 is 11.6 Å². The number of rotatable bonds is 6. The number of nitrogens with one attached hydrogen (secondary N) is 1. The number of hydrogen-bond acceptors (Lipinski definition) is 5. The third-order valence-electron chi connectivity index (χ3n) is 6.36. The lowest BCUT2D eigenvalue weighted by atomic mass is 9.76. The number of aliphatic hydroxyl groups is 1. The van der Waals surface area contributed by atoms with Gasteiger partial charge in [0.2, 0.25) is 0 Å². The number of aliphatic hydroxyl groups excluding tert-OH is 1. The number of halogens is 6. The molecule has 0 radical (unpaired) electrons. The van der Waals surface area contributed by atoms with E-state index in [0.717, 1.165) is 20.1 Å². The lowest BCUT2D eigenvalue weighted by Gasteiger charge is -2.32. The average Bonchev–Trinajstić information content (AvgIpc) is 3.05. The maximum Gasteiger partial charge on any atom is 0.417 e. The van der Waals surface area contributed by atoms with Crippen molar-refractivity contribution in [3.05, 3.63) is 53.1 Å². The Morgan fingerprint density at radius 1 is 1.26 bits per heavy atom. The van der Waals surface area contributed by atoms with Gasteiger partial charge in [0.1, 0.15) is 17.7 Å². The van der Waals surface area contributed by atoms with Gasteiger partial charge in [0.05, 0.1) is 36.4 Å². The number of anilines is 1. The first-order valence-corrected chi connectivity index (χ1v) is 10.6. The Balaban J connectivity index is 2.08. The average molecular weight is 506 g/mol. The van der Waals surface area contributed by atoms with Crippen LogP contribution in [0.15, 0.2) is 30.5 Å². The summed E-state index contributed by atoms with van der Waals surface area (Å²) in [6, 6.07) is 4.51. The first kappa shape index (κ1) is 26.7. The van der Waals surface area contributed by atoms with E-state index in [1.165, 1.54) is 32.2 Å². The summed E-state index contributed by atoms with van der Waals surface area (Å²) in [4.78, 5) is 17.1. The highest BCUT2D eigenvalue weighted by atomic mass is 19.4. The van der Waals surface area contributed by atoms with Gasteiger partial charge in [-0.3, -0.25) is 9.78 Å². The van der Waals surface area contributed by atoms with Crippen LogP contribution < -0.4 is 10.1 Å². The molecule has 1 aromatic heterocycles. The van der Waals surface area contributed by atoms with Gasteiger partial charge in [-0.1, -0.05) is 13.0 Å². The van der Waals surface area contributed by atoms with Crippen LogP contribution in [0.1, 0.15) is 56.0 Å². The number of carbonyl (C=O) groups is 1. The number of hydrogen-bond donors (Lipinski definition) is 2. The van der Waals surface area contributed by atoms with Crippen LogP contribution >= 0.6 is 0 Å². The van der Waals surface area contributed by atoms with Crippen molar-refractivity contribution in [1.82, 2.24) is 4.98 Å². The van der Waals surface area contributed by atoms with Gasteiger partial charge in [-0.25, -0.2) is 13.2 Å². The molecule has 1 saturated heterocycles. The summed E-state index contributed by atoms with van der Waals surface area (Å²) in [6.45, 7) is 3.41. The smallest absolute Gasteiger partial charge is 0.417 e. The third kappa shape index (κ3) is 4.81. The summed E-state index contributed by atoms with van der Waals surface area (Å²) in [6.07, 6.45) is -9.71. The minimum Gasteiger partial charge on any atom is -0.496 e. The zero-order valence-corrected chi connectivity index (χ0v) is 19.2. The Bertz CT molecular complexity index is 1080. The van der Waals surface area contributed by atoms with E-state index in [-0.39, 0.29) is 11.3 Å². The van der Waals surface area contributed by atoms with Crippen molar-refractivity contribution in [2.75, 3.05) is 12.4 Å². The zero-order chi connectivity index (χ0) is 26.3. The Kier molecular flexibility index (Phi) is 7.37. The van der Waals surface area contributed by atoms with Crippen molar-refractivity contribution in [3.8, 4) is 5.75 Å². The summed E-state index contributed by atoms with van der Waals surface area (Å²) < 4.78 is 93.6. The molecule has 3 rings (SSSR count). The van der Waals surface area contributed by atoms with Crippen molar-refractivity contribution in [1.29, 1.82) is 0 Å². The van der Waals surface area contributed by atoms with Gasteiger partial charge in [-0.2, -0.15) is 13.2 Å². The van der Waals surface area contributed by atoms with Crippen LogP contribution in [0.25, 0.3) is 0 Å². The quantitative estimate of drug-likeness (QED) is 0.520. The number of pyridine rings is 1. The highest BCUT2D eigenvalue weighted by Gasteiger charge is 2.66. The molecule has 2 N–H and O–H groups in total. The van der Waals surface area contributed by atoms with Gasteiger partial charge in [-0.15, -0.1) is 0 Å². The standard InChI is InChI=1S/C23H24F6N2O4/c1-10-16(13-6-7-14(24)17(20(25)26)18(13)34-4)19(35-22(10,3)23(27,28)29)21(33)31-12-5-8-15(11(2)32)30-9-12/h5-11,16,19-20,32H,1-4H3,(H,31,33)/t10-,11?,16-,19+,22+/m0/s1. The van der Waals surface area contributed by atoms with Crippen molar-refractivity contribution in [2.24, 2.45) is 5.92 Å². The van der Waals surface area contributed by atoms with Crippen LogP contribution in [0, 0.1) is 11.7 Å². The highest BCUT2D eigenvalue weighted by Crippen LogP contribution is 2.55. The Labute approximate surface area is 197 Å². The molecule has 0 saturated carbocycles. The highest BCUT2D eigenvalue weighted by molar-refractivity contribution is 5.95. The van der Waals surface area contributed by atoms with Gasteiger partial charge >= 0.3 is 6.18 Å². The number of aromatic nitrogens is 1. The predicted octanol–water partition coefficient (Wildman–Crippen LogP) is 5.30. The van der Waals surface area contributed by atoms with Crippen LogP contribution in [0.4, 0.5) is 32.0 Å². The van der Waals surface area contributed by atoms with Crippen LogP contribution in [-0.2, 0) is 9.53 Å². The van der Waals surface area contributed by atoms with Gasteiger partial charge in [0.15, 0.2) is 5.60 Å². The fourth-order valence-corrected chi connectivity index (χ4v) is 4.25. The minimum atomic E-state index is -4.92. The van der Waals surface area contributed by atoms with Crippen LogP contribution in [-0.4, -0.2) is 41.0 Å². The number of ether oxygens (including phenoxy) is 2. The lowest BCUT2D eigenvalue weighted by Crippen LogP contribution is -2.47. The molecule has 0 spiro atoms. The molecule has 1 unspecified atom stereocenters. The third-order valence-corrected chi connectivity index (χ3v) is 6.36. The monoisotopic (exact) mass is 506 g/mol. The number of amides is 1. The number of carbonyl (C=O) groups excluding carboxylic acids is 1. The van der Waals surface area contributed by atoms with E-state index in [1.54, 1.807) is 0 Å². The van der Waals surface area contributed by atoms with E-state index in [4.69, 9.17) is 9.47 Å². The molecule has 0 aliphatic carbocycles. The second-order valence-electron chi connectivity index (χ2n) is 8.48. The molecule has 2 aromatic rings. The summed E-state index contributed by atoms with van der Waals surface area (Å²) in [5.74, 6) is -5.80. The van der Waals surface area contributed by atoms with Crippen molar-refractivity contribution < 1.29 is 45.7 Å². The summed E-state index contributed by atoms with van der Waals surface area (Å²) in [5, 5.41) is 12.0. The van der Waals surface area contributed by atoms with Crippen molar-refractivity contribution in [3.63, 3.8) is 0 Å². The molecule has 192 valence electrons. The van der Waals surface area contributed by atoms with Gasteiger partial charge in [0.25, 0.3) is 12.3 Å². The van der Waals surface area contributed by atoms with Gasteiger partial charge < -0.3 is 19.9 Å². The van der Waals surface area contributed by atoms with Crippen LogP contribution in [0.3, 0.4) is 0 Å².